The van der Waals surface area contributed by atoms with E-state index in [1.165, 1.54) is 14.0 Å². The highest BCUT2D eigenvalue weighted by Gasteiger charge is 2.23. The predicted molar refractivity (Wildman–Crippen MR) is 118 cm³/mol. The standard InChI is InChI=1S/C22H26N4O5/c1-4-5-10-26-20(28)18(19(27)25-22(26)30)13(2)24-17(21(29)31-3)11-14-12-23-16-9-7-6-8-15(14)16/h6-9,12,17,23,28H,4-5,10-11H2,1-3H3,(H,25,27,30)/t17-/m0/s1. The van der Waals surface area contributed by atoms with Crippen molar-refractivity contribution in [3.63, 3.8) is 0 Å². The van der Waals surface area contributed by atoms with Gasteiger partial charge in [0.1, 0.15) is 5.56 Å². The molecule has 31 heavy (non-hydrogen) atoms. The highest BCUT2D eigenvalue weighted by Crippen LogP contribution is 2.21. The predicted octanol–water partition coefficient (Wildman–Crippen LogP) is 2.12. The summed E-state index contributed by atoms with van der Waals surface area (Å²) in [5.74, 6) is -1.03. The molecule has 3 N–H and O–H groups in total. The summed E-state index contributed by atoms with van der Waals surface area (Å²) in [5, 5.41) is 11.6. The first-order chi connectivity index (χ1) is 14.9. The van der Waals surface area contributed by atoms with Crippen LogP contribution in [0.2, 0.25) is 0 Å². The number of nitrogens with zero attached hydrogens (tertiary/aromatic N) is 2. The molecule has 0 bridgehead atoms. The molecular weight excluding hydrogens is 400 g/mol. The largest absolute Gasteiger partial charge is 0.494 e. The number of benzene rings is 1. The molecule has 0 fully saturated rings. The van der Waals surface area contributed by atoms with Crippen LogP contribution in [0.1, 0.15) is 37.8 Å². The normalized spacial score (nSPS) is 12.8. The Bertz CT molecular complexity index is 1230. The van der Waals surface area contributed by atoms with Crippen molar-refractivity contribution in [3.05, 3.63) is 62.4 Å². The van der Waals surface area contributed by atoms with E-state index in [1.807, 2.05) is 31.2 Å². The van der Waals surface area contributed by atoms with Crippen LogP contribution in [0.5, 0.6) is 5.88 Å². The first-order valence-electron chi connectivity index (χ1n) is 10.1. The average Bonchev–Trinajstić information content (AvgIpc) is 3.15. The summed E-state index contributed by atoms with van der Waals surface area (Å²) in [6, 6.07) is 6.74. The maximum absolute atomic E-state index is 12.4. The van der Waals surface area contributed by atoms with E-state index in [1.54, 1.807) is 6.20 Å². The number of unbranched alkanes of at least 4 members (excludes halogenated alkanes) is 1. The van der Waals surface area contributed by atoms with E-state index >= 15 is 0 Å². The molecule has 3 aromatic rings. The minimum Gasteiger partial charge on any atom is -0.494 e. The van der Waals surface area contributed by atoms with Crippen LogP contribution in [0.3, 0.4) is 0 Å². The number of aromatic hydroxyl groups is 1. The Morgan fingerprint density at radius 2 is 2.03 bits per heavy atom. The van der Waals surface area contributed by atoms with E-state index in [9.17, 15) is 19.5 Å². The Labute approximate surface area is 178 Å². The van der Waals surface area contributed by atoms with Gasteiger partial charge < -0.3 is 14.8 Å². The molecule has 0 radical (unpaired) electrons. The van der Waals surface area contributed by atoms with Gasteiger partial charge in [0.15, 0.2) is 6.04 Å². The molecule has 1 atom stereocenters. The Hall–Kier alpha value is -3.62. The van der Waals surface area contributed by atoms with Crippen molar-refractivity contribution in [1.82, 2.24) is 14.5 Å². The van der Waals surface area contributed by atoms with Crippen LogP contribution in [-0.4, -0.2) is 44.5 Å². The first-order valence-corrected chi connectivity index (χ1v) is 10.1. The van der Waals surface area contributed by atoms with E-state index < -0.39 is 29.1 Å². The fourth-order valence-corrected chi connectivity index (χ4v) is 3.53. The highest BCUT2D eigenvalue weighted by molar-refractivity contribution is 6.01. The molecule has 0 unspecified atom stereocenters. The smallest absolute Gasteiger partial charge is 0.331 e. The number of aromatic amines is 2. The Morgan fingerprint density at radius 3 is 2.74 bits per heavy atom. The molecule has 3 rings (SSSR count). The summed E-state index contributed by atoms with van der Waals surface area (Å²) in [4.78, 5) is 46.7. The molecule has 9 nitrogen and oxygen atoms in total. The Balaban J connectivity index is 2.02. The number of aromatic nitrogens is 3. The lowest BCUT2D eigenvalue weighted by molar-refractivity contribution is -0.142. The number of fused-ring (bicyclic) bond motifs is 1. The van der Waals surface area contributed by atoms with Gasteiger partial charge in [-0.2, -0.15) is 0 Å². The third kappa shape index (κ3) is 4.60. The Morgan fingerprint density at radius 1 is 1.29 bits per heavy atom. The average molecular weight is 426 g/mol. The van der Waals surface area contributed by atoms with Gasteiger partial charge in [0.25, 0.3) is 5.56 Å². The van der Waals surface area contributed by atoms with Crippen molar-refractivity contribution < 1.29 is 14.6 Å². The van der Waals surface area contributed by atoms with Crippen LogP contribution < -0.4 is 11.2 Å². The van der Waals surface area contributed by atoms with Gasteiger partial charge in [-0.1, -0.05) is 31.5 Å². The molecule has 0 amide bonds. The van der Waals surface area contributed by atoms with Crippen molar-refractivity contribution in [2.75, 3.05) is 7.11 Å². The van der Waals surface area contributed by atoms with E-state index in [0.717, 1.165) is 27.5 Å². The van der Waals surface area contributed by atoms with Gasteiger partial charge in [0.2, 0.25) is 5.88 Å². The van der Waals surface area contributed by atoms with Crippen molar-refractivity contribution >= 4 is 22.6 Å². The molecule has 0 aliphatic heterocycles. The van der Waals surface area contributed by atoms with E-state index in [-0.39, 0.29) is 24.2 Å². The lowest BCUT2D eigenvalue weighted by atomic mass is 10.0. The number of para-hydroxylation sites is 1. The van der Waals surface area contributed by atoms with Gasteiger partial charge in [0.05, 0.1) is 12.8 Å². The molecule has 9 heteroatoms. The zero-order valence-corrected chi connectivity index (χ0v) is 17.8. The number of H-pyrrole nitrogens is 2. The van der Waals surface area contributed by atoms with Crippen LogP contribution in [0.25, 0.3) is 10.9 Å². The number of hydrogen-bond donors (Lipinski definition) is 3. The van der Waals surface area contributed by atoms with Gasteiger partial charge in [-0.25, -0.2) is 9.59 Å². The lowest BCUT2D eigenvalue weighted by Crippen LogP contribution is -2.34. The minimum atomic E-state index is -0.931. The van der Waals surface area contributed by atoms with Gasteiger partial charge in [-0.15, -0.1) is 0 Å². The maximum Gasteiger partial charge on any atom is 0.331 e. The number of rotatable bonds is 8. The lowest BCUT2D eigenvalue weighted by Gasteiger charge is -2.14. The van der Waals surface area contributed by atoms with Gasteiger partial charge in [0, 0.05) is 30.1 Å². The number of carbonyl (C=O) groups is 1. The second-order valence-electron chi connectivity index (χ2n) is 7.28. The number of ether oxygens (including phenoxy) is 1. The number of carbonyl (C=O) groups excluding carboxylic acids is 1. The molecule has 0 saturated heterocycles. The molecular formula is C22H26N4O5. The third-order valence-electron chi connectivity index (χ3n) is 5.18. The molecule has 0 spiro atoms. The van der Waals surface area contributed by atoms with Gasteiger partial charge >= 0.3 is 11.7 Å². The van der Waals surface area contributed by atoms with E-state index in [0.29, 0.717) is 6.42 Å². The summed E-state index contributed by atoms with van der Waals surface area (Å²) in [7, 11) is 1.27. The molecule has 164 valence electrons. The molecule has 1 aromatic carbocycles. The fraction of sp³-hybridized carbons (Fsp3) is 0.364. The molecule has 0 aliphatic carbocycles. The first kappa shape index (κ1) is 22.1. The molecule has 2 aromatic heterocycles. The number of methoxy groups -OCH3 is 1. The maximum atomic E-state index is 12.4. The van der Waals surface area contributed by atoms with Gasteiger partial charge in [-0.3, -0.25) is 19.3 Å². The van der Waals surface area contributed by atoms with Crippen LogP contribution in [0.15, 0.2) is 45.0 Å². The molecule has 0 saturated carbocycles. The van der Waals surface area contributed by atoms with Crippen molar-refractivity contribution in [2.45, 2.75) is 45.7 Å². The number of aliphatic imine (C=N–C) groups is 1. The van der Waals surface area contributed by atoms with Crippen LogP contribution >= 0.6 is 0 Å². The van der Waals surface area contributed by atoms with Crippen LogP contribution in [-0.2, 0) is 22.5 Å². The van der Waals surface area contributed by atoms with Crippen LogP contribution in [0.4, 0.5) is 0 Å². The van der Waals surface area contributed by atoms with E-state index in [2.05, 4.69) is 15.0 Å². The monoisotopic (exact) mass is 426 g/mol. The number of hydrogen-bond acceptors (Lipinski definition) is 6. The third-order valence-corrected chi connectivity index (χ3v) is 5.18. The zero-order chi connectivity index (χ0) is 22.5. The fourth-order valence-electron chi connectivity index (χ4n) is 3.53. The number of esters is 1. The van der Waals surface area contributed by atoms with E-state index in [4.69, 9.17) is 4.74 Å². The topological polar surface area (TPSA) is 130 Å². The highest BCUT2D eigenvalue weighted by atomic mass is 16.5. The summed E-state index contributed by atoms with van der Waals surface area (Å²) < 4.78 is 6.01. The van der Waals surface area contributed by atoms with Crippen molar-refractivity contribution in [2.24, 2.45) is 4.99 Å². The summed E-state index contributed by atoms with van der Waals surface area (Å²) >= 11 is 0. The van der Waals surface area contributed by atoms with Crippen LogP contribution in [0, 0.1) is 0 Å². The molecule has 0 aliphatic rings. The second kappa shape index (κ2) is 9.46. The summed E-state index contributed by atoms with van der Waals surface area (Å²) in [6.45, 7) is 3.73. The molecule has 2 heterocycles. The Kier molecular flexibility index (Phi) is 6.74. The minimum absolute atomic E-state index is 0.136. The summed E-state index contributed by atoms with van der Waals surface area (Å²) in [5.41, 5.74) is 0.360. The second-order valence-corrected chi connectivity index (χ2v) is 7.28. The summed E-state index contributed by atoms with van der Waals surface area (Å²) in [6.07, 6.45) is 3.51. The van der Waals surface area contributed by atoms with Gasteiger partial charge in [-0.05, 0) is 25.0 Å². The van der Waals surface area contributed by atoms with Crippen molar-refractivity contribution in [3.8, 4) is 5.88 Å². The zero-order valence-electron chi connectivity index (χ0n) is 17.8. The quantitative estimate of drug-likeness (QED) is 0.375. The SMILES string of the molecule is CCCCn1c(O)c(C(C)=N[C@@H](Cc2c[nH]c3ccccc23)C(=O)OC)c(=O)[nH]c1=O. The number of nitrogens with one attached hydrogen (secondary N) is 2. The van der Waals surface area contributed by atoms with Crippen molar-refractivity contribution in [1.29, 1.82) is 0 Å².